The fourth-order valence-electron chi connectivity index (χ4n) is 2.40. The average molecular weight is 329 g/mol. The predicted octanol–water partition coefficient (Wildman–Crippen LogP) is 4.67. The Bertz CT molecular complexity index is 299. The molecular weight excluding hydrogens is 309 g/mol. The van der Waals surface area contributed by atoms with Gasteiger partial charge in [-0.15, -0.1) is 0 Å². The van der Waals surface area contributed by atoms with Gasteiger partial charge >= 0.3 is 0 Å². The molecule has 1 nitrogen and oxygen atoms in total. The van der Waals surface area contributed by atoms with Crippen LogP contribution in [0.4, 0.5) is 5.69 Å². The van der Waals surface area contributed by atoms with Crippen LogP contribution in [0.2, 0.25) is 0 Å². The van der Waals surface area contributed by atoms with Crippen LogP contribution in [0.5, 0.6) is 0 Å². The Kier molecular flexibility index (Phi) is 4.94. The molecule has 16 heavy (non-hydrogen) atoms. The van der Waals surface area contributed by atoms with Gasteiger partial charge in [0, 0.05) is 15.8 Å². The molecule has 1 aromatic carbocycles. The topological polar surface area (TPSA) is 12.0 Å². The third kappa shape index (κ3) is 3.96. The van der Waals surface area contributed by atoms with Gasteiger partial charge in [-0.25, -0.2) is 0 Å². The molecule has 1 aliphatic rings. The van der Waals surface area contributed by atoms with E-state index in [9.17, 15) is 0 Å². The minimum atomic E-state index is 0.891. The van der Waals surface area contributed by atoms with E-state index >= 15 is 0 Å². The summed E-state index contributed by atoms with van der Waals surface area (Å²) in [6.07, 6.45) is 8.58. The highest BCUT2D eigenvalue weighted by Crippen LogP contribution is 2.23. The third-order valence-electron chi connectivity index (χ3n) is 3.41. The Morgan fingerprint density at radius 1 is 1.00 bits per heavy atom. The van der Waals surface area contributed by atoms with Crippen molar-refractivity contribution in [3.05, 3.63) is 27.8 Å². The molecule has 0 spiro atoms. The second kappa shape index (κ2) is 6.48. The summed E-state index contributed by atoms with van der Waals surface area (Å²) in [5, 5.41) is 3.57. The lowest BCUT2D eigenvalue weighted by Crippen LogP contribution is -2.13. The largest absolute Gasteiger partial charge is 0.385 e. The quantitative estimate of drug-likeness (QED) is 0.627. The van der Waals surface area contributed by atoms with Crippen molar-refractivity contribution in [2.24, 2.45) is 5.92 Å². The van der Waals surface area contributed by atoms with Crippen molar-refractivity contribution in [2.75, 3.05) is 11.9 Å². The van der Waals surface area contributed by atoms with Crippen LogP contribution in [0, 0.1) is 9.49 Å². The van der Waals surface area contributed by atoms with Crippen LogP contribution in [0.1, 0.15) is 38.5 Å². The zero-order valence-electron chi connectivity index (χ0n) is 9.71. The third-order valence-corrected chi connectivity index (χ3v) is 4.13. The maximum absolute atomic E-state index is 3.57. The minimum Gasteiger partial charge on any atom is -0.385 e. The lowest BCUT2D eigenvalue weighted by atomic mass is 10.0. The SMILES string of the molecule is Ic1ccc(NCC2CCCCCC2)cc1. The summed E-state index contributed by atoms with van der Waals surface area (Å²) in [6.45, 7) is 1.15. The number of rotatable bonds is 3. The van der Waals surface area contributed by atoms with E-state index in [1.165, 1.54) is 47.8 Å². The molecule has 0 unspecified atom stereocenters. The van der Waals surface area contributed by atoms with E-state index < -0.39 is 0 Å². The van der Waals surface area contributed by atoms with Gasteiger partial charge in [-0.2, -0.15) is 0 Å². The van der Waals surface area contributed by atoms with Gasteiger partial charge in [-0.3, -0.25) is 0 Å². The van der Waals surface area contributed by atoms with Gasteiger partial charge in [-0.1, -0.05) is 25.7 Å². The van der Waals surface area contributed by atoms with Gasteiger partial charge in [-0.05, 0) is 65.6 Å². The summed E-state index contributed by atoms with van der Waals surface area (Å²) in [5.74, 6) is 0.891. The zero-order valence-corrected chi connectivity index (χ0v) is 11.9. The van der Waals surface area contributed by atoms with E-state index in [0.717, 1.165) is 12.5 Å². The minimum absolute atomic E-state index is 0.891. The standard InChI is InChI=1S/C14H20IN/c15-13-7-9-14(10-8-13)16-11-12-5-3-1-2-4-6-12/h7-10,12,16H,1-6,11H2. The maximum Gasteiger partial charge on any atom is 0.0340 e. The smallest absolute Gasteiger partial charge is 0.0340 e. The van der Waals surface area contributed by atoms with E-state index in [0.29, 0.717) is 0 Å². The molecule has 1 aliphatic carbocycles. The summed E-state index contributed by atoms with van der Waals surface area (Å²) in [7, 11) is 0. The lowest BCUT2D eigenvalue weighted by molar-refractivity contribution is 0.483. The van der Waals surface area contributed by atoms with Crippen molar-refractivity contribution in [3.8, 4) is 0 Å². The van der Waals surface area contributed by atoms with E-state index in [2.05, 4.69) is 52.2 Å². The normalized spacial score (nSPS) is 18.1. The summed E-state index contributed by atoms with van der Waals surface area (Å²) in [5.41, 5.74) is 1.27. The summed E-state index contributed by atoms with van der Waals surface area (Å²) in [6, 6.07) is 8.68. The molecule has 1 N–H and O–H groups in total. The van der Waals surface area contributed by atoms with Crippen molar-refractivity contribution < 1.29 is 0 Å². The maximum atomic E-state index is 3.57. The molecule has 1 saturated carbocycles. The molecule has 88 valence electrons. The van der Waals surface area contributed by atoms with Gasteiger partial charge < -0.3 is 5.32 Å². The molecule has 0 atom stereocenters. The Balaban J connectivity index is 1.79. The predicted molar refractivity (Wildman–Crippen MR) is 78.8 cm³/mol. The highest BCUT2D eigenvalue weighted by Gasteiger charge is 2.11. The monoisotopic (exact) mass is 329 g/mol. The van der Waals surface area contributed by atoms with Gasteiger partial charge in [0.1, 0.15) is 0 Å². The van der Waals surface area contributed by atoms with Crippen LogP contribution in [0.15, 0.2) is 24.3 Å². The number of hydrogen-bond acceptors (Lipinski definition) is 1. The zero-order chi connectivity index (χ0) is 11.2. The molecule has 0 radical (unpaired) electrons. The molecule has 2 rings (SSSR count). The Morgan fingerprint density at radius 2 is 1.62 bits per heavy atom. The summed E-state index contributed by atoms with van der Waals surface area (Å²) < 4.78 is 1.30. The highest BCUT2D eigenvalue weighted by atomic mass is 127. The fourth-order valence-corrected chi connectivity index (χ4v) is 2.76. The van der Waals surface area contributed by atoms with E-state index in [1.54, 1.807) is 0 Å². The number of hydrogen-bond donors (Lipinski definition) is 1. The highest BCUT2D eigenvalue weighted by molar-refractivity contribution is 14.1. The number of anilines is 1. The second-order valence-corrected chi connectivity index (χ2v) is 5.99. The van der Waals surface area contributed by atoms with Gasteiger partial charge in [0.05, 0.1) is 0 Å². The van der Waals surface area contributed by atoms with Gasteiger partial charge in [0.15, 0.2) is 0 Å². The summed E-state index contributed by atoms with van der Waals surface area (Å²) >= 11 is 2.35. The molecule has 0 amide bonds. The molecule has 0 aromatic heterocycles. The summed E-state index contributed by atoms with van der Waals surface area (Å²) in [4.78, 5) is 0. The molecule has 0 saturated heterocycles. The molecular formula is C14H20IN. The molecule has 0 bridgehead atoms. The number of nitrogens with one attached hydrogen (secondary N) is 1. The number of halogens is 1. The first kappa shape index (κ1) is 12.2. The number of benzene rings is 1. The average Bonchev–Trinajstić information content (AvgIpc) is 2.57. The van der Waals surface area contributed by atoms with Gasteiger partial charge in [0.25, 0.3) is 0 Å². The van der Waals surface area contributed by atoms with Crippen molar-refractivity contribution in [3.63, 3.8) is 0 Å². The molecule has 1 aromatic rings. The Morgan fingerprint density at radius 3 is 2.25 bits per heavy atom. The van der Waals surface area contributed by atoms with Crippen LogP contribution >= 0.6 is 22.6 Å². The lowest BCUT2D eigenvalue weighted by Gasteiger charge is -2.15. The second-order valence-electron chi connectivity index (χ2n) is 4.75. The molecule has 0 aliphatic heterocycles. The Labute approximate surface area is 112 Å². The molecule has 2 heteroatoms. The van der Waals surface area contributed by atoms with Crippen LogP contribution < -0.4 is 5.32 Å². The molecule has 1 fully saturated rings. The first-order chi connectivity index (χ1) is 7.84. The Hall–Kier alpha value is -0.250. The van der Waals surface area contributed by atoms with Crippen molar-refractivity contribution >= 4 is 28.3 Å². The van der Waals surface area contributed by atoms with E-state index in [1.807, 2.05) is 0 Å². The van der Waals surface area contributed by atoms with Crippen molar-refractivity contribution in [1.82, 2.24) is 0 Å². The van der Waals surface area contributed by atoms with Crippen LogP contribution in [0.3, 0.4) is 0 Å². The first-order valence-electron chi connectivity index (χ1n) is 6.34. The van der Waals surface area contributed by atoms with Crippen LogP contribution in [-0.4, -0.2) is 6.54 Å². The van der Waals surface area contributed by atoms with E-state index in [4.69, 9.17) is 0 Å². The van der Waals surface area contributed by atoms with Crippen LogP contribution in [-0.2, 0) is 0 Å². The van der Waals surface area contributed by atoms with Crippen molar-refractivity contribution in [1.29, 1.82) is 0 Å². The van der Waals surface area contributed by atoms with Crippen molar-refractivity contribution in [2.45, 2.75) is 38.5 Å². The molecule has 0 heterocycles. The van der Waals surface area contributed by atoms with E-state index in [-0.39, 0.29) is 0 Å². The first-order valence-corrected chi connectivity index (χ1v) is 7.42. The fraction of sp³-hybridized carbons (Fsp3) is 0.571. The van der Waals surface area contributed by atoms with Gasteiger partial charge in [0.2, 0.25) is 0 Å². The van der Waals surface area contributed by atoms with Crippen LogP contribution in [0.25, 0.3) is 0 Å².